The van der Waals surface area contributed by atoms with Gasteiger partial charge in [-0.05, 0) is 36.3 Å². The van der Waals surface area contributed by atoms with E-state index in [0.717, 1.165) is 11.1 Å². The average molecular weight is 354 g/mol. The number of carboxylic acids is 1. The van der Waals surface area contributed by atoms with Crippen LogP contribution in [0, 0.1) is 6.92 Å². The molecule has 0 aromatic heterocycles. The van der Waals surface area contributed by atoms with Gasteiger partial charge in [0.25, 0.3) is 5.91 Å². The van der Waals surface area contributed by atoms with Crippen molar-refractivity contribution in [1.82, 2.24) is 0 Å². The van der Waals surface area contributed by atoms with Gasteiger partial charge in [0.05, 0.1) is 16.6 Å². The zero-order chi connectivity index (χ0) is 17.3. The van der Waals surface area contributed by atoms with Crippen molar-refractivity contribution in [2.24, 2.45) is 0 Å². The summed E-state index contributed by atoms with van der Waals surface area (Å²) in [6, 6.07) is 13.8. The van der Waals surface area contributed by atoms with Gasteiger partial charge in [-0.1, -0.05) is 65.9 Å². The van der Waals surface area contributed by atoms with Gasteiger partial charge in [0.1, 0.15) is 0 Å². The first-order chi connectivity index (χ1) is 11.5. The summed E-state index contributed by atoms with van der Waals surface area (Å²) in [6.07, 6.45) is 1.78. The molecule has 0 bridgehead atoms. The van der Waals surface area contributed by atoms with Crippen LogP contribution in [0.3, 0.4) is 0 Å². The maximum absolute atomic E-state index is 12.7. The predicted octanol–water partition coefficient (Wildman–Crippen LogP) is 2.76. The molecule has 1 heterocycles. The molecule has 6 heteroatoms. The normalized spacial score (nSPS) is 16.0. The fourth-order valence-corrected chi connectivity index (χ4v) is 3.58. The van der Waals surface area contributed by atoms with E-state index in [-0.39, 0.29) is 11.5 Å². The summed E-state index contributed by atoms with van der Waals surface area (Å²) in [4.78, 5) is 25.5. The Morgan fingerprint density at radius 1 is 1.21 bits per heavy atom. The number of hydrogen-bond acceptors (Lipinski definition) is 5. The maximum Gasteiger partial charge on any atom is 0.270 e. The fraction of sp³-hybridized carbons (Fsp3) is 0.0556. The molecular formula is C18H12NO3S2-. The summed E-state index contributed by atoms with van der Waals surface area (Å²) < 4.78 is 0.369. The smallest absolute Gasteiger partial charge is 0.270 e. The molecule has 0 saturated carbocycles. The number of benzene rings is 2. The number of nitrogens with zero attached hydrogens (tertiary/aromatic N) is 1. The van der Waals surface area contributed by atoms with Crippen LogP contribution in [0.5, 0.6) is 0 Å². The van der Waals surface area contributed by atoms with Crippen molar-refractivity contribution in [2.75, 3.05) is 4.90 Å². The van der Waals surface area contributed by atoms with Crippen molar-refractivity contribution in [3.8, 4) is 0 Å². The van der Waals surface area contributed by atoms with Crippen molar-refractivity contribution in [3.05, 3.63) is 70.1 Å². The lowest BCUT2D eigenvalue weighted by Gasteiger charge is -2.15. The second-order valence-electron chi connectivity index (χ2n) is 5.27. The van der Waals surface area contributed by atoms with Crippen LogP contribution in [0.15, 0.2) is 53.4 Å². The van der Waals surface area contributed by atoms with Crippen LogP contribution in [0.1, 0.15) is 21.5 Å². The number of carbonyl (C=O) groups excluding carboxylic acids is 2. The predicted molar refractivity (Wildman–Crippen MR) is 97.6 cm³/mol. The van der Waals surface area contributed by atoms with E-state index in [2.05, 4.69) is 0 Å². The largest absolute Gasteiger partial charge is 0.545 e. The highest BCUT2D eigenvalue weighted by atomic mass is 32.2. The molecule has 0 spiro atoms. The Balaban J connectivity index is 1.93. The van der Waals surface area contributed by atoms with Gasteiger partial charge in [0.15, 0.2) is 4.32 Å². The molecule has 2 aromatic carbocycles. The lowest BCUT2D eigenvalue weighted by atomic mass is 10.1. The van der Waals surface area contributed by atoms with Gasteiger partial charge in [-0.2, -0.15) is 0 Å². The van der Waals surface area contributed by atoms with Crippen molar-refractivity contribution < 1.29 is 14.7 Å². The Labute approximate surface area is 148 Å². The minimum atomic E-state index is -1.29. The summed E-state index contributed by atoms with van der Waals surface area (Å²) in [6.45, 7) is 1.99. The summed E-state index contributed by atoms with van der Waals surface area (Å²) in [5.74, 6) is -1.56. The molecule has 0 radical (unpaired) electrons. The third-order valence-electron chi connectivity index (χ3n) is 3.51. The molecular weight excluding hydrogens is 342 g/mol. The first-order valence-corrected chi connectivity index (χ1v) is 8.34. The topological polar surface area (TPSA) is 60.4 Å². The molecule has 120 valence electrons. The number of thiocarbonyl (C=S) groups is 1. The summed E-state index contributed by atoms with van der Waals surface area (Å²) in [7, 11) is 0. The second-order valence-corrected chi connectivity index (χ2v) is 6.94. The summed E-state index contributed by atoms with van der Waals surface area (Å²) in [5, 5.41) is 11.0. The second kappa shape index (κ2) is 6.59. The highest BCUT2D eigenvalue weighted by Gasteiger charge is 2.33. The Morgan fingerprint density at radius 3 is 2.58 bits per heavy atom. The molecule has 2 aromatic rings. The molecule has 1 fully saturated rings. The van der Waals surface area contributed by atoms with E-state index in [9.17, 15) is 14.7 Å². The van der Waals surface area contributed by atoms with Gasteiger partial charge in [-0.15, -0.1) is 0 Å². The summed E-state index contributed by atoms with van der Waals surface area (Å²) in [5.41, 5.74) is 2.47. The van der Waals surface area contributed by atoms with E-state index in [0.29, 0.717) is 14.9 Å². The third-order valence-corrected chi connectivity index (χ3v) is 4.81. The highest BCUT2D eigenvalue weighted by molar-refractivity contribution is 8.27. The Kier molecular flexibility index (Phi) is 4.51. The number of anilines is 1. The van der Waals surface area contributed by atoms with E-state index in [1.165, 1.54) is 28.8 Å². The van der Waals surface area contributed by atoms with Crippen LogP contribution in [-0.4, -0.2) is 16.2 Å². The lowest BCUT2D eigenvalue weighted by molar-refractivity contribution is -0.255. The number of thioether (sulfide) groups is 1. The first-order valence-electron chi connectivity index (χ1n) is 7.12. The number of rotatable bonds is 3. The van der Waals surface area contributed by atoms with Crippen molar-refractivity contribution in [3.63, 3.8) is 0 Å². The molecule has 0 aliphatic carbocycles. The minimum absolute atomic E-state index is 0.00376. The standard InChI is InChI=1S/C18H13NO3S2/c1-11-5-7-12(8-6-11)9-15-16(20)19(18(23)24-15)14-4-2-3-13(10-14)17(21)22/h2-10H,1H3,(H,21,22)/p-1/b15-9+. The molecule has 1 aliphatic heterocycles. The molecule has 0 N–H and O–H groups in total. The van der Waals surface area contributed by atoms with Crippen LogP contribution >= 0.6 is 24.0 Å². The Morgan fingerprint density at radius 2 is 1.92 bits per heavy atom. The van der Waals surface area contributed by atoms with E-state index >= 15 is 0 Å². The van der Waals surface area contributed by atoms with Crippen molar-refractivity contribution >= 4 is 51.9 Å². The maximum atomic E-state index is 12.7. The van der Waals surface area contributed by atoms with Gasteiger partial charge < -0.3 is 9.90 Å². The molecule has 1 amide bonds. The van der Waals surface area contributed by atoms with Crippen LogP contribution in [0.4, 0.5) is 5.69 Å². The number of aryl methyl sites for hydroxylation is 1. The molecule has 0 atom stereocenters. The zero-order valence-electron chi connectivity index (χ0n) is 12.7. The van der Waals surface area contributed by atoms with E-state index in [1.807, 2.05) is 31.2 Å². The highest BCUT2D eigenvalue weighted by Crippen LogP contribution is 2.36. The van der Waals surface area contributed by atoms with Gasteiger partial charge in [-0.25, -0.2) is 0 Å². The van der Waals surface area contributed by atoms with Gasteiger partial charge in [0, 0.05) is 0 Å². The zero-order valence-corrected chi connectivity index (χ0v) is 14.3. The minimum Gasteiger partial charge on any atom is -0.545 e. The Bertz CT molecular complexity index is 872. The van der Waals surface area contributed by atoms with Gasteiger partial charge in [-0.3, -0.25) is 9.69 Å². The molecule has 1 saturated heterocycles. The van der Waals surface area contributed by atoms with E-state index in [1.54, 1.807) is 18.2 Å². The summed E-state index contributed by atoms with van der Waals surface area (Å²) >= 11 is 6.48. The quantitative estimate of drug-likeness (QED) is 0.627. The number of carbonyl (C=O) groups is 2. The van der Waals surface area contributed by atoms with Crippen molar-refractivity contribution in [1.29, 1.82) is 0 Å². The first kappa shape index (κ1) is 16.4. The molecule has 24 heavy (non-hydrogen) atoms. The number of hydrogen-bond donors (Lipinski definition) is 0. The lowest BCUT2D eigenvalue weighted by Crippen LogP contribution is -2.28. The number of carboxylic acid groups (broad SMARTS) is 1. The monoisotopic (exact) mass is 354 g/mol. The number of amides is 1. The Hall–Kier alpha value is -2.44. The van der Waals surface area contributed by atoms with E-state index < -0.39 is 5.97 Å². The fourth-order valence-electron chi connectivity index (χ4n) is 2.28. The van der Waals surface area contributed by atoms with Crippen LogP contribution < -0.4 is 10.0 Å². The van der Waals surface area contributed by atoms with Gasteiger partial charge >= 0.3 is 0 Å². The SMILES string of the molecule is Cc1ccc(/C=C2/SC(=S)N(c3cccc(C(=O)[O-])c3)C2=O)cc1. The van der Waals surface area contributed by atoms with E-state index in [4.69, 9.17) is 12.2 Å². The van der Waals surface area contributed by atoms with Crippen LogP contribution in [0.25, 0.3) is 6.08 Å². The number of aromatic carboxylic acids is 1. The van der Waals surface area contributed by atoms with Crippen molar-refractivity contribution in [2.45, 2.75) is 6.92 Å². The molecule has 3 rings (SSSR count). The van der Waals surface area contributed by atoms with Gasteiger partial charge in [0.2, 0.25) is 0 Å². The molecule has 0 unspecified atom stereocenters. The van der Waals surface area contributed by atoms with Crippen LogP contribution in [-0.2, 0) is 4.79 Å². The molecule has 1 aliphatic rings. The molecule has 4 nitrogen and oxygen atoms in total. The third kappa shape index (κ3) is 3.25. The average Bonchev–Trinajstić information content (AvgIpc) is 2.83. The van der Waals surface area contributed by atoms with Crippen LogP contribution in [0.2, 0.25) is 0 Å².